The van der Waals surface area contributed by atoms with Gasteiger partial charge in [0.25, 0.3) is 0 Å². The fraction of sp³-hybridized carbons (Fsp3) is 0.0250. The molecule has 0 N–H and O–H groups in total. The Kier molecular flexibility index (Phi) is 5.93. The summed E-state index contributed by atoms with van der Waals surface area (Å²) in [5, 5.41) is 4.07. The summed E-state index contributed by atoms with van der Waals surface area (Å²) in [7, 11) is 0. The smallest absolute Gasteiger partial charge is 0.416 e. The number of aromatic nitrogens is 2. The van der Waals surface area contributed by atoms with Gasteiger partial charge < -0.3 is 9.64 Å². The molecule has 0 bridgehead atoms. The van der Waals surface area contributed by atoms with Crippen LogP contribution >= 0.6 is 0 Å². The number of halogens is 3. The number of hydrogen-bond donors (Lipinski definition) is 0. The van der Waals surface area contributed by atoms with Crippen LogP contribution < -0.4 is 9.64 Å². The van der Waals surface area contributed by atoms with Crippen molar-refractivity contribution in [3.63, 3.8) is 0 Å². The van der Waals surface area contributed by atoms with Gasteiger partial charge in [-0.15, -0.1) is 0 Å². The lowest BCUT2D eigenvalue weighted by molar-refractivity contribution is -0.137. The molecule has 0 unspecified atom stereocenters. The van der Waals surface area contributed by atoms with Gasteiger partial charge in [-0.25, -0.2) is 4.98 Å². The molecule has 0 atom stereocenters. The highest BCUT2D eigenvalue weighted by Crippen LogP contribution is 2.50. The number of ether oxygens (including phenoxy) is 1. The Hall–Kier alpha value is -6.08. The van der Waals surface area contributed by atoms with Crippen molar-refractivity contribution < 1.29 is 17.9 Å². The predicted molar refractivity (Wildman–Crippen MR) is 181 cm³/mol. The van der Waals surface area contributed by atoms with Gasteiger partial charge in [-0.2, -0.15) is 13.2 Å². The molecule has 0 amide bonds. The maximum atomic E-state index is 13.6. The molecule has 4 nitrogen and oxygen atoms in total. The average molecular weight is 620 g/mol. The largest absolute Gasteiger partial charge is 0.453 e. The zero-order chi connectivity index (χ0) is 31.7. The SMILES string of the molecule is FC(F)(F)c1ccc(-n2c(-c3ccc(N4c5ccccc5Oc5ccccc54)cc3)nc3c4ccccc4c4ccccc4c32)cc1. The number of fused-ring (bicyclic) bond motifs is 8. The van der Waals surface area contributed by atoms with E-state index >= 15 is 0 Å². The molecule has 9 rings (SSSR count). The third-order valence-electron chi connectivity index (χ3n) is 8.80. The number of benzene rings is 7. The Morgan fingerprint density at radius 2 is 1.02 bits per heavy atom. The molecule has 226 valence electrons. The van der Waals surface area contributed by atoms with E-state index in [0.29, 0.717) is 11.5 Å². The normalized spacial score (nSPS) is 12.7. The number of alkyl halides is 3. The highest BCUT2D eigenvalue weighted by Gasteiger charge is 2.31. The van der Waals surface area contributed by atoms with Gasteiger partial charge in [-0.3, -0.25) is 4.57 Å². The van der Waals surface area contributed by atoms with E-state index in [2.05, 4.69) is 17.0 Å². The van der Waals surface area contributed by atoms with Gasteiger partial charge in [0.2, 0.25) is 0 Å². The summed E-state index contributed by atoms with van der Waals surface area (Å²) in [4.78, 5) is 7.39. The van der Waals surface area contributed by atoms with Gasteiger partial charge in [0.05, 0.1) is 28.0 Å². The van der Waals surface area contributed by atoms with Crippen LogP contribution in [0.25, 0.3) is 49.7 Å². The summed E-state index contributed by atoms with van der Waals surface area (Å²) < 4.78 is 48.9. The van der Waals surface area contributed by atoms with Gasteiger partial charge in [0.15, 0.2) is 11.5 Å². The van der Waals surface area contributed by atoms with Crippen molar-refractivity contribution >= 4 is 49.6 Å². The van der Waals surface area contributed by atoms with E-state index in [9.17, 15) is 13.2 Å². The van der Waals surface area contributed by atoms with Crippen LogP contribution in [-0.2, 0) is 6.18 Å². The Bertz CT molecular complexity index is 2440. The minimum absolute atomic E-state index is 0.594. The van der Waals surface area contributed by atoms with Crippen molar-refractivity contribution in [3.8, 4) is 28.6 Å². The van der Waals surface area contributed by atoms with Crippen LogP contribution in [0.4, 0.5) is 30.2 Å². The molecule has 7 heteroatoms. The Morgan fingerprint density at radius 3 is 1.64 bits per heavy atom. The van der Waals surface area contributed by atoms with Gasteiger partial charge in [0.1, 0.15) is 5.82 Å². The topological polar surface area (TPSA) is 30.3 Å². The summed E-state index contributed by atoms with van der Waals surface area (Å²) in [5.74, 6) is 2.16. The molecule has 47 heavy (non-hydrogen) atoms. The van der Waals surface area contributed by atoms with Crippen molar-refractivity contribution in [3.05, 3.63) is 151 Å². The third kappa shape index (κ3) is 4.27. The predicted octanol–water partition coefficient (Wildman–Crippen LogP) is 11.6. The van der Waals surface area contributed by atoms with Crippen molar-refractivity contribution in [1.82, 2.24) is 9.55 Å². The molecule has 7 aromatic carbocycles. The van der Waals surface area contributed by atoms with Gasteiger partial charge >= 0.3 is 6.18 Å². The van der Waals surface area contributed by atoms with Gasteiger partial charge in [-0.1, -0.05) is 72.8 Å². The molecule has 0 fully saturated rings. The standard InChI is InChI=1S/C40H24F3N3O/c41-40(42,43)26-19-23-28(24-20-26)46-38-32-12-4-2-10-30(32)29-9-1-3-11-31(29)37(38)44-39(46)25-17-21-27(22-18-25)45-33-13-5-7-15-35(33)47-36-16-8-6-14-34(36)45/h1-24H. The minimum Gasteiger partial charge on any atom is -0.453 e. The molecule has 0 radical (unpaired) electrons. The average Bonchev–Trinajstić information content (AvgIpc) is 3.52. The zero-order valence-corrected chi connectivity index (χ0v) is 24.7. The first kappa shape index (κ1) is 27.2. The number of hydrogen-bond acceptors (Lipinski definition) is 3. The number of para-hydroxylation sites is 4. The highest BCUT2D eigenvalue weighted by molar-refractivity contribution is 6.24. The molecule has 8 aromatic rings. The second-order valence-electron chi connectivity index (χ2n) is 11.5. The van der Waals surface area contributed by atoms with E-state index in [-0.39, 0.29) is 0 Å². The van der Waals surface area contributed by atoms with Gasteiger partial charge in [0, 0.05) is 27.7 Å². The van der Waals surface area contributed by atoms with E-state index in [0.717, 1.165) is 78.8 Å². The maximum Gasteiger partial charge on any atom is 0.416 e. The zero-order valence-electron chi connectivity index (χ0n) is 24.7. The van der Waals surface area contributed by atoms with Crippen molar-refractivity contribution in [2.24, 2.45) is 0 Å². The lowest BCUT2D eigenvalue weighted by Crippen LogP contribution is -2.15. The molecule has 1 aromatic heterocycles. The maximum absolute atomic E-state index is 13.6. The van der Waals surface area contributed by atoms with Crippen LogP contribution in [-0.4, -0.2) is 9.55 Å². The number of imidazole rings is 1. The second kappa shape index (κ2) is 10.2. The molecule has 1 aliphatic rings. The molecule has 0 spiro atoms. The van der Waals surface area contributed by atoms with E-state index in [1.165, 1.54) is 12.1 Å². The van der Waals surface area contributed by atoms with Crippen LogP contribution in [0.15, 0.2) is 146 Å². The lowest BCUT2D eigenvalue weighted by Gasteiger charge is -2.32. The molecule has 2 heterocycles. The van der Waals surface area contributed by atoms with E-state index < -0.39 is 11.7 Å². The lowest BCUT2D eigenvalue weighted by atomic mass is 10.00. The van der Waals surface area contributed by atoms with Gasteiger partial charge in [-0.05, 0) is 83.6 Å². The number of nitrogens with zero attached hydrogens (tertiary/aromatic N) is 3. The molecule has 0 aliphatic carbocycles. The minimum atomic E-state index is -4.44. The molecule has 1 aliphatic heterocycles. The fourth-order valence-electron chi connectivity index (χ4n) is 6.69. The van der Waals surface area contributed by atoms with Crippen LogP contribution in [0.3, 0.4) is 0 Å². The third-order valence-corrected chi connectivity index (χ3v) is 8.80. The fourth-order valence-corrected chi connectivity index (χ4v) is 6.69. The Morgan fingerprint density at radius 1 is 0.511 bits per heavy atom. The first-order valence-corrected chi connectivity index (χ1v) is 15.2. The van der Waals surface area contributed by atoms with Crippen LogP contribution in [0.1, 0.15) is 5.56 Å². The molecule has 0 saturated carbocycles. The Balaban J connectivity index is 1.28. The van der Waals surface area contributed by atoms with Crippen LogP contribution in [0.5, 0.6) is 11.5 Å². The summed E-state index contributed by atoms with van der Waals surface area (Å²) in [5.41, 5.74) is 5.14. The van der Waals surface area contributed by atoms with Crippen molar-refractivity contribution in [1.29, 1.82) is 0 Å². The molecular formula is C40H24F3N3O. The summed E-state index contributed by atoms with van der Waals surface area (Å²) in [6, 6.07) is 45.5. The first-order chi connectivity index (χ1) is 23.0. The molecule has 0 saturated heterocycles. The quantitative estimate of drug-likeness (QED) is 0.184. The van der Waals surface area contributed by atoms with E-state index in [1.54, 1.807) is 0 Å². The summed E-state index contributed by atoms with van der Waals surface area (Å²) in [6.07, 6.45) is -4.44. The number of rotatable bonds is 3. The molecular weight excluding hydrogens is 595 g/mol. The van der Waals surface area contributed by atoms with E-state index in [4.69, 9.17) is 9.72 Å². The first-order valence-electron chi connectivity index (χ1n) is 15.2. The van der Waals surface area contributed by atoms with Crippen LogP contribution in [0.2, 0.25) is 0 Å². The van der Waals surface area contributed by atoms with Crippen molar-refractivity contribution in [2.75, 3.05) is 4.90 Å². The van der Waals surface area contributed by atoms with E-state index in [1.807, 2.05) is 114 Å². The van der Waals surface area contributed by atoms with Crippen molar-refractivity contribution in [2.45, 2.75) is 6.18 Å². The Labute approximate surface area is 267 Å². The van der Waals surface area contributed by atoms with Crippen LogP contribution in [0, 0.1) is 0 Å². The summed E-state index contributed by atoms with van der Waals surface area (Å²) in [6.45, 7) is 0. The highest BCUT2D eigenvalue weighted by atomic mass is 19.4. The summed E-state index contributed by atoms with van der Waals surface area (Å²) >= 11 is 0. The number of anilines is 3. The second-order valence-corrected chi connectivity index (χ2v) is 11.5. The monoisotopic (exact) mass is 619 g/mol.